The number of hydrogen-bond donors (Lipinski definition) is 1. The normalized spacial score (nSPS) is 12.1. The molecule has 110 valence electrons. The molecular weight excluding hydrogens is 294 g/mol. The van der Waals surface area contributed by atoms with Crippen molar-refractivity contribution >= 4 is 21.1 Å². The number of rotatable bonds is 4. The monoisotopic (exact) mass is 307 g/mol. The third kappa shape index (κ3) is 2.52. The second-order valence-electron chi connectivity index (χ2n) is 4.63. The summed E-state index contributed by atoms with van der Waals surface area (Å²) >= 11 is 0. The van der Waals surface area contributed by atoms with E-state index in [-0.39, 0.29) is 17.0 Å². The molecule has 0 aliphatic rings. The molecule has 0 spiro atoms. The summed E-state index contributed by atoms with van der Waals surface area (Å²) in [4.78, 5) is 0.0443. The molecule has 0 unspecified atom stereocenters. The number of fused-ring (bicyclic) bond motifs is 1. The van der Waals surface area contributed by atoms with Gasteiger partial charge in [-0.1, -0.05) is 6.07 Å². The number of aryl methyl sites for hydroxylation is 2. The number of aromatic nitrogens is 4. The highest BCUT2D eigenvalue weighted by atomic mass is 32.2. The van der Waals surface area contributed by atoms with E-state index in [0.29, 0.717) is 5.52 Å². The standard InChI is InChI=1S/C12H13N5O3S/c1-8-9(7-17(2)14-8)6-13-21(18,19)11-5-3-4-10-12(11)16-20-15-10/h3-5,7,13H,6H2,1-2H3. The fourth-order valence-electron chi connectivity index (χ4n) is 2.07. The molecular formula is C12H13N5O3S. The second-order valence-corrected chi connectivity index (χ2v) is 6.36. The maximum Gasteiger partial charge on any atom is 0.243 e. The molecule has 0 radical (unpaired) electrons. The third-order valence-corrected chi connectivity index (χ3v) is 4.54. The lowest BCUT2D eigenvalue weighted by molar-refractivity contribution is 0.315. The molecule has 2 heterocycles. The van der Waals surface area contributed by atoms with Gasteiger partial charge in [-0.15, -0.1) is 0 Å². The Morgan fingerprint density at radius 2 is 2.14 bits per heavy atom. The predicted molar refractivity (Wildman–Crippen MR) is 73.8 cm³/mol. The highest BCUT2D eigenvalue weighted by Gasteiger charge is 2.20. The van der Waals surface area contributed by atoms with Crippen LogP contribution in [0, 0.1) is 6.92 Å². The molecule has 21 heavy (non-hydrogen) atoms. The minimum Gasteiger partial charge on any atom is -0.275 e. The van der Waals surface area contributed by atoms with E-state index in [9.17, 15) is 8.42 Å². The van der Waals surface area contributed by atoms with Crippen LogP contribution in [0.1, 0.15) is 11.3 Å². The fraction of sp³-hybridized carbons (Fsp3) is 0.250. The molecule has 8 nitrogen and oxygen atoms in total. The zero-order valence-electron chi connectivity index (χ0n) is 11.4. The van der Waals surface area contributed by atoms with Gasteiger partial charge < -0.3 is 0 Å². The van der Waals surface area contributed by atoms with Gasteiger partial charge >= 0.3 is 0 Å². The molecule has 9 heteroatoms. The zero-order chi connectivity index (χ0) is 15.0. The van der Waals surface area contributed by atoms with Crippen molar-refractivity contribution in [3.63, 3.8) is 0 Å². The van der Waals surface area contributed by atoms with Gasteiger partial charge in [0, 0.05) is 25.4 Å². The summed E-state index contributed by atoms with van der Waals surface area (Å²) in [5, 5.41) is 11.4. The summed E-state index contributed by atoms with van der Waals surface area (Å²) in [6, 6.07) is 4.69. The molecule has 0 fully saturated rings. The lowest BCUT2D eigenvalue weighted by Crippen LogP contribution is -2.23. The van der Waals surface area contributed by atoms with E-state index >= 15 is 0 Å². The van der Waals surface area contributed by atoms with Crippen molar-refractivity contribution < 1.29 is 13.0 Å². The van der Waals surface area contributed by atoms with E-state index in [1.807, 2.05) is 6.92 Å². The Morgan fingerprint density at radius 3 is 2.86 bits per heavy atom. The maximum absolute atomic E-state index is 12.4. The van der Waals surface area contributed by atoms with Crippen LogP contribution in [0.3, 0.4) is 0 Å². The van der Waals surface area contributed by atoms with Crippen LogP contribution in [0.5, 0.6) is 0 Å². The number of nitrogens with one attached hydrogen (secondary N) is 1. The first-order chi connectivity index (χ1) is 9.97. The van der Waals surface area contributed by atoms with Gasteiger partial charge in [0.25, 0.3) is 0 Å². The Hall–Kier alpha value is -2.26. The van der Waals surface area contributed by atoms with Crippen LogP contribution in [0.25, 0.3) is 11.0 Å². The van der Waals surface area contributed by atoms with E-state index in [1.165, 1.54) is 6.07 Å². The zero-order valence-corrected chi connectivity index (χ0v) is 12.3. The SMILES string of the molecule is Cc1nn(C)cc1CNS(=O)(=O)c1cccc2nonc12. The van der Waals surface area contributed by atoms with Gasteiger partial charge in [0.2, 0.25) is 10.0 Å². The van der Waals surface area contributed by atoms with Crippen molar-refractivity contribution in [3.8, 4) is 0 Å². The maximum atomic E-state index is 12.4. The molecule has 0 atom stereocenters. The van der Waals surface area contributed by atoms with Gasteiger partial charge in [-0.05, 0) is 29.4 Å². The average molecular weight is 307 g/mol. The van der Waals surface area contributed by atoms with Gasteiger partial charge in [-0.3, -0.25) is 4.68 Å². The van der Waals surface area contributed by atoms with Gasteiger partial charge in [0.05, 0.1) is 5.69 Å². The van der Waals surface area contributed by atoms with E-state index in [2.05, 4.69) is 24.8 Å². The van der Waals surface area contributed by atoms with E-state index in [0.717, 1.165) is 11.3 Å². The molecule has 0 aliphatic heterocycles. The summed E-state index contributed by atoms with van der Waals surface area (Å²) < 4.78 is 33.5. The van der Waals surface area contributed by atoms with E-state index in [1.54, 1.807) is 30.1 Å². The van der Waals surface area contributed by atoms with Crippen molar-refractivity contribution in [2.75, 3.05) is 0 Å². The van der Waals surface area contributed by atoms with Crippen LogP contribution in [0.4, 0.5) is 0 Å². The minimum atomic E-state index is -3.71. The molecule has 0 bridgehead atoms. The second kappa shape index (κ2) is 4.93. The molecule has 2 aromatic heterocycles. The number of nitrogens with zero attached hydrogens (tertiary/aromatic N) is 4. The van der Waals surface area contributed by atoms with Crippen LogP contribution >= 0.6 is 0 Å². The van der Waals surface area contributed by atoms with Gasteiger partial charge in [0.15, 0.2) is 5.52 Å². The van der Waals surface area contributed by atoms with Crippen molar-refractivity contribution in [2.24, 2.45) is 7.05 Å². The Kier molecular flexibility index (Phi) is 3.22. The number of benzene rings is 1. The van der Waals surface area contributed by atoms with E-state index in [4.69, 9.17) is 0 Å². The molecule has 3 aromatic rings. The molecule has 3 rings (SSSR count). The van der Waals surface area contributed by atoms with Crippen molar-refractivity contribution in [1.29, 1.82) is 0 Å². The fourth-order valence-corrected chi connectivity index (χ4v) is 3.23. The van der Waals surface area contributed by atoms with Crippen LogP contribution < -0.4 is 4.72 Å². The predicted octanol–water partition coefficient (Wildman–Crippen LogP) is 0.743. The molecule has 0 aliphatic carbocycles. The van der Waals surface area contributed by atoms with Crippen molar-refractivity contribution in [1.82, 2.24) is 24.8 Å². The average Bonchev–Trinajstić information content (AvgIpc) is 3.02. The molecule has 1 N–H and O–H groups in total. The summed E-state index contributed by atoms with van der Waals surface area (Å²) in [5.74, 6) is 0. The molecule has 0 amide bonds. The molecule has 1 aromatic carbocycles. The number of sulfonamides is 1. The van der Waals surface area contributed by atoms with Gasteiger partial charge in [-0.2, -0.15) is 5.10 Å². The van der Waals surface area contributed by atoms with Crippen LogP contribution in [-0.4, -0.2) is 28.5 Å². The number of hydrogen-bond acceptors (Lipinski definition) is 6. The first kappa shape index (κ1) is 13.7. The summed E-state index contributed by atoms with van der Waals surface area (Å²) in [6.45, 7) is 1.98. The lowest BCUT2D eigenvalue weighted by atomic mass is 10.3. The summed E-state index contributed by atoms with van der Waals surface area (Å²) in [5.41, 5.74) is 2.20. The Bertz CT molecular complexity index is 897. The largest absolute Gasteiger partial charge is 0.275 e. The quantitative estimate of drug-likeness (QED) is 0.762. The van der Waals surface area contributed by atoms with Crippen LogP contribution in [0.2, 0.25) is 0 Å². The minimum absolute atomic E-state index is 0.0443. The Balaban J connectivity index is 1.90. The van der Waals surface area contributed by atoms with Crippen molar-refractivity contribution in [3.05, 3.63) is 35.7 Å². The highest BCUT2D eigenvalue weighted by molar-refractivity contribution is 7.89. The van der Waals surface area contributed by atoms with Gasteiger partial charge in [-0.25, -0.2) is 17.8 Å². The first-order valence-corrected chi connectivity index (χ1v) is 7.66. The van der Waals surface area contributed by atoms with Gasteiger partial charge in [0.1, 0.15) is 10.4 Å². The van der Waals surface area contributed by atoms with Crippen LogP contribution in [0.15, 0.2) is 33.9 Å². The Labute approximate surface area is 120 Å². The van der Waals surface area contributed by atoms with E-state index < -0.39 is 10.0 Å². The lowest BCUT2D eigenvalue weighted by Gasteiger charge is -2.06. The topological polar surface area (TPSA) is 103 Å². The van der Waals surface area contributed by atoms with Crippen molar-refractivity contribution in [2.45, 2.75) is 18.4 Å². The third-order valence-electron chi connectivity index (χ3n) is 3.11. The summed E-state index contributed by atoms with van der Waals surface area (Å²) in [6.07, 6.45) is 1.77. The summed E-state index contributed by atoms with van der Waals surface area (Å²) in [7, 11) is -1.93. The highest BCUT2D eigenvalue weighted by Crippen LogP contribution is 2.19. The molecule has 0 saturated heterocycles. The molecule has 0 saturated carbocycles. The first-order valence-electron chi connectivity index (χ1n) is 6.17. The smallest absolute Gasteiger partial charge is 0.243 e. The Morgan fingerprint density at radius 1 is 1.33 bits per heavy atom. The van der Waals surface area contributed by atoms with Crippen LogP contribution in [-0.2, 0) is 23.6 Å².